The molecular weight excluding hydrogens is 322 g/mol. The van der Waals surface area contributed by atoms with Crippen LogP contribution >= 0.6 is 0 Å². The number of benzene rings is 1. The van der Waals surface area contributed by atoms with E-state index in [1.807, 2.05) is 0 Å². The molecule has 6 heteroatoms. The van der Waals surface area contributed by atoms with Crippen molar-refractivity contribution in [2.45, 2.75) is 39.3 Å². The molecule has 1 N–H and O–H groups in total. The van der Waals surface area contributed by atoms with Gasteiger partial charge in [-0.05, 0) is 49.7 Å². The molecule has 1 atom stereocenters. The van der Waals surface area contributed by atoms with E-state index in [9.17, 15) is 9.59 Å². The number of furan rings is 1. The Kier molecular flexibility index (Phi) is 7.07. The molecule has 0 aliphatic rings. The Labute approximate surface area is 147 Å². The molecule has 0 aliphatic heterocycles. The maximum atomic E-state index is 12.1. The smallest absolute Gasteiger partial charge is 0.338 e. The summed E-state index contributed by atoms with van der Waals surface area (Å²) in [4.78, 5) is 24.1. The number of carbonyl (C=O) groups excluding carboxylic acids is 2. The molecule has 1 aromatic heterocycles. The third-order valence-electron chi connectivity index (χ3n) is 3.53. The Balaban J connectivity index is 1.80. The second-order valence-corrected chi connectivity index (χ2v) is 5.57. The highest BCUT2D eigenvalue weighted by atomic mass is 16.5. The van der Waals surface area contributed by atoms with Gasteiger partial charge in [0.25, 0.3) is 5.91 Å². The molecule has 0 unspecified atom stereocenters. The normalized spacial score (nSPS) is 11.6. The van der Waals surface area contributed by atoms with Gasteiger partial charge in [-0.15, -0.1) is 0 Å². The van der Waals surface area contributed by atoms with Crippen LogP contribution in [0.3, 0.4) is 0 Å². The molecule has 0 saturated heterocycles. The summed E-state index contributed by atoms with van der Waals surface area (Å²) in [5.74, 6) is 0.393. The lowest BCUT2D eigenvalue weighted by molar-refractivity contribution is -0.129. The fourth-order valence-corrected chi connectivity index (χ4v) is 2.03. The Bertz CT molecular complexity index is 664. The average Bonchev–Trinajstić information content (AvgIpc) is 3.14. The second-order valence-electron chi connectivity index (χ2n) is 5.57. The topological polar surface area (TPSA) is 77.8 Å². The van der Waals surface area contributed by atoms with E-state index in [2.05, 4.69) is 12.2 Å². The lowest BCUT2D eigenvalue weighted by Crippen LogP contribution is -2.35. The van der Waals surface area contributed by atoms with Crippen LogP contribution in [0.2, 0.25) is 0 Å². The number of esters is 1. The molecule has 0 fully saturated rings. The van der Waals surface area contributed by atoms with Gasteiger partial charge in [-0.3, -0.25) is 4.79 Å². The first kappa shape index (κ1) is 18.6. The van der Waals surface area contributed by atoms with Gasteiger partial charge in [-0.1, -0.05) is 13.3 Å². The third-order valence-corrected chi connectivity index (χ3v) is 3.53. The summed E-state index contributed by atoms with van der Waals surface area (Å²) in [5.41, 5.74) is 0.369. The zero-order valence-corrected chi connectivity index (χ0v) is 14.5. The van der Waals surface area contributed by atoms with E-state index in [1.54, 1.807) is 36.4 Å². The molecule has 2 rings (SSSR count). The van der Waals surface area contributed by atoms with Crippen molar-refractivity contribution in [1.82, 2.24) is 5.32 Å². The zero-order chi connectivity index (χ0) is 18.1. The van der Waals surface area contributed by atoms with Gasteiger partial charge in [0, 0.05) is 0 Å². The quantitative estimate of drug-likeness (QED) is 0.557. The summed E-state index contributed by atoms with van der Waals surface area (Å²) >= 11 is 0. The van der Waals surface area contributed by atoms with Crippen LogP contribution in [0, 0.1) is 0 Å². The van der Waals surface area contributed by atoms with Crippen molar-refractivity contribution >= 4 is 11.9 Å². The van der Waals surface area contributed by atoms with Gasteiger partial charge in [0.2, 0.25) is 0 Å². The molecule has 0 bridgehead atoms. The lowest BCUT2D eigenvalue weighted by atomic mass is 10.2. The number of unbranched alkanes of at least 4 members (excludes halogenated alkanes) is 1. The summed E-state index contributed by atoms with van der Waals surface area (Å²) in [6.45, 7) is 4.51. The molecule has 0 radical (unpaired) electrons. The van der Waals surface area contributed by atoms with Crippen LogP contribution in [-0.4, -0.2) is 24.6 Å². The minimum absolute atomic E-state index is 0.248. The highest BCUT2D eigenvalue weighted by Gasteiger charge is 2.19. The first-order chi connectivity index (χ1) is 12.1. The van der Waals surface area contributed by atoms with Crippen LogP contribution in [-0.2, 0) is 16.1 Å². The molecule has 0 saturated carbocycles. The van der Waals surface area contributed by atoms with E-state index in [1.165, 1.54) is 13.2 Å². The Hall–Kier alpha value is -2.76. The number of nitrogens with one attached hydrogen (secondary N) is 1. The van der Waals surface area contributed by atoms with Crippen molar-refractivity contribution in [2.24, 2.45) is 0 Å². The van der Waals surface area contributed by atoms with Crippen LogP contribution in [0.5, 0.6) is 5.75 Å². The fraction of sp³-hybridized carbons (Fsp3) is 0.368. The van der Waals surface area contributed by atoms with Crippen molar-refractivity contribution in [1.29, 1.82) is 0 Å². The van der Waals surface area contributed by atoms with Gasteiger partial charge in [-0.25, -0.2) is 4.79 Å². The summed E-state index contributed by atoms with van der Waals surface area (Å²) in [6.07, 6.45) is 2.67. The van der Waals surface area contributed by atoms with E-state index >= 15 is 0 Å². The van der Waals surface area contributed by atoms with E-state index in [-0.39, 0.29) is 12.5 Å². The molecule has 6 nitrogen and oxygen atoms in total. The van der Waals surface area contributed by atoms with Crippen LogP contribution in [0.15, 0.2) is 47.1 Å². The number of ether oxygens (including phenoxy) is 2. The average molecular weight is 345 g/mol. The summed E-state index contributed by atoms with van der Waals surface area (Å²) < 4.78 is 15.9. The van der Waals surface area contributed by atoms with E-state index in [0.717, 1.165) is 12.8 Å². The number of amides is 1. The molecule has 0 aliphatic carbocycles. The van der Waals surface area contributed by atoms with Gasteiger partial charge in [0.15, 0.2) is 6.10 Å². The highest BCUT2D eigenvalue weighted by Crippen LogP contribution is 2.14. The number of rotatable bonds is 9. The number of carbonyl (C=O) groups is 2. The maximum absolute atomic E-state index is 12.1. The Morgan fingerprint density at radius 3 is 2.60 bits per heavy atom. The molecule has 2 aromatic rings. The van der Waals surface area contributed by atoms with Crippen LogP contribution < -0.4 is 10.1 Å². The largest absolute Gasteiger partial charge is 0.494 e. The van der Waals surface area contributed by atoms with Gasteiger partial charge in [-0.2, -0.15) is 0 Å². The summed E-state index contributed by atoms with van der Waals surface area (Å²) in [7, 11) is 0. The number of hydrogen-bond acceptors (Lipinski definition) is 5. The predicted molar refractivity (Wildman–Crippen MR) is 92.3 cm³/mol. The van der Waals surface area contributed by atoms with E-state index in [0.29, 0.717) is 23.7 Å². The highest BCUT2D eigenvalue weighted by molar-refractivity contribution is 5.92. The monoisotopic (exact) mass is 345 g/mol. The van der Waals surface area contributed by atoms with E-state index < -0.39 is 12.1 Å². The fourth-order valence-electron chi connectivity index (χ4n) is 2.03. The molecule has 134 valence electrons. The molecular formula is C19H23NO5. The van der Waals surface area contributed by atoms with Crippen molar-refractivity contribution < 1.29 is 23.5 Å². The van der Waals surface area contributed by atoms with Gasteiger partial charge in [0.1, 0.15) is 11.5 Å². The van der Waals surface area contributed by atoms with Crippen LogP contribution in [0.25, 0.3) is 0 Å². The van der Waals surface area contributed by atoms with E-state index in [4.69, 9.17) is 13.9 Å². The van der Waals surface area contributed by atoms with Crippen LogP contribution in [0.4, 0.5) is 0 Å². The molecule has 1 aromatic carbocycles. The molecule has 25 heavy (non-hydrogen) atoms. The Morgan fingerprint density at radius 1 is 1.20 bits per heavy atom. The maximum Gasteiger partial charge on any atom is 0.338 e. The minimum atomic E-state index is -0.900. The third kappa shape index (κ3) is 5.99. The molecule has 0 spiro atoms. The Morgan fingerprint density at radius 2 is 1.96 bits per heavy atom. The first-order valence-corrected chi connectivity index (χ1v) is 8.34. The summed E-state index contributed by atoms with van der Waals surface area (Å²) in [6, 6.07) is 10.2. The summed E-state index contributed by atoms with van der Waals surface area (Å²) in [5, 5.41) is 2.65. The van der Waals surface area contributed by atoms with Crippen molar-refractivity contribution in [2.75, 3.05) is 6.61 Å². The standard InChI is InChI=1S/C19H23NO5/c1-3-4-11-23-16-9-7-15(8-10-16)19(22)25-14(2)18(21)20-13-17-6-5-12-24-17/h5-10,12,14H,3-4,11,13H2,1-2H3,(H,20,21)/t14-/m1/s1. The van der Waals surface area contributed by atoms with Gasteiger partial charge >= 0.3 is 5.97 Å². The van der Waals surface area contributed by atoms with Gasteiger partial charge < -0.3 is 19.2 Å². The van der Waals surface area contributed by atoms with Crippen LogP contribution in [0.1, 0.15) is 42.8 Å². The zero-order valence-electron chi connectivity index (χ0n) is 14.5. The van der Waals surface area contributed by atoms with Crippen molar-refractivity contribution in [3.63, 3.8) is 0 Å². The van der Waals surface area contributed by atoms with Crippen molar-refractivity contribution in [3.05, 3.63) is 54.0 Å². The number of hydrogen-bond donors (Lipinski definition) is 1. The van der Waals surface area contributed by atoms with Gasteiger partial charge in [0.05, 0.1) is 25.0 Å². The minimum Gasteiger partial charge on any atom is -0.494 e. The van der Waals surface area contributed by atoms with Crippen molar-refractivity contribution in [3.8, 4) is 5.75 Å². The molecule has 1 heterocycles. The molecule has 1 amide bonds. The predicted octanol–water partition coefficient (Wildman–Crippen LogP) is 3.32. The lowest BCUT2D eigenvalue weighted by Gasteiger charge is -2.13. The SMILES string of the molecule is CCCCOc1ccc(C(=O)O[C@H](C)C(=O)NCc2ccco2)cc1. The first-order valence-electron chi connectivity index (χ1n) is 8.34. The second kappa shape index (κ2) is 9.52.